The summed E-state index contributed by atoms with van der Waals surface area (Å²) < 4.78 is 0. The highest BCUT2D eigenvalue weighted by atomic mass is 16.4. The van der Waals surface area contributed by atoms with Gasteiger partial charge in [-0.15, -0.1) is 0 Å². The molecule has 0 aromatic heterocycles. The van der Waals surface area contributed by atoms with Crippen LogP contribution in [0, 0.1) is 0 Å². The highest BCUT2D eigenvalue weighted by Crippen LogP contribution is 1.82. The van der Waals surface area contributed by atoms with Gasteiger partial charge in [-0.3, -0.25) is 4.79 Å². The first-order valence-corrected chi connectivity index (χ1v) is 2.34. The monoisotopic (exact) mass is 118 g/mol. The molecule has 0 radical (unpaired) electrons. The Morgan fingerprint density at radius 2 is 2.25 bits per heavy atom. The summed E-state index contributed by atoms with van der Waals surface area (Å²) >= 11 is 0. The molecular weight excluding hydrogens is 108 g/mol. The smallest absolute Gasteiger partial charge is 0.304 e. The van der Waals surface area contributed by atoms with Crippen LogP contribution in [-0.2, 0) is 4.79 Å². The molecule has 1 atom stereocenters. The molecule has 0 aliphatic rings. The Hall–Kier alpha value is -0.610. The molecule has 0 spiro atoms. The molecule has 0 aliphatic heterocycles. The molecular formula is C4H10N2O2. The zero-order chi connectivity index (χ0) is 6.57. The third-order valence-electron chi connectivity index (χ3n) is 0.740. The zero-order valence-corrected chi connectivity index (χ0v) is 4.50. The average Bonchev–Trinajstić information content (AvgIpc) is 1.65. The molecule has 0 rings (SSSR count). The quantitative estimate of drug-likeness (QED) is 0.432. The Bertz CT molecular complexity index is 84.1. The summed E-state index contributed by atoms with van der Waals surface area (Å²) in [5.74, 6) is -0.900. The van der Waals surface area contributed by atoms with Crippen LogP contribution in [0.15, 0.2) is 0 Å². The van der Waals surface area contributed by atoms with Gasteiger partial charge in [-0.25, -0.2) is 0 Å². The Morgan fingerprint density at radius 3 is 2.38 bits per heavy atom. The number of hydrogen-bond donors (Lipinski definition) is 3. The number of rotatable bonds is 3. The van der Waals surface area contributed by atoms with Crippen molar-refractivity contribution in [3.63, 3.8) is 0 Å². The summed E-state index contributed by atoms with van der Waals surface area (Å²) in [6.45, 7) is 0.228. The molecule has 0 saturated carbocycles. The highest BCUT2D eigenvalue weighted by Gasteiger charge is 2.03. The van der Waals surface area contributed by atoms with Crippen LogP contribution in [0.2, 0.25) is 0 Å². The van der Waals surface area contributed by atoms with Crippen molar-refractivity contribution in [3.05, 3.63) is 0 Å². The maximum Gasteiger partial charge on any atom is 0.304 e. The second-order valence-corrected chi connectivity index (χ2v) is 1.59. The summed E-state index contributed by atoms with van der Waals surface area (Å²) in [7, 11) is 0. The van der Waals surface area contributed by atoms with Crippen LogP contribution in [0.4, 0.5) is 0 Å². The second kappa shape index (κ2) is 3.40. The fourth-order valence-electron chi connectivity index (χ4n) is 0.308. The van der Waals surface area contributed by atoms with Gasteiger partial charge in [0.15, 0.2) is 0 Å². The second-order valence-electron chi connectivity index (χ2n) is 1.59. The van der Waals surface area contributed by atoms with E-state index in [1.807, 2.05) is 0 Å². The number of carbonyl (C=O) groups is 1. The third kappa shape index (κ3) is 3.58. The molecule has 0 heterocycles. The number of carboxylic acid groups (broad SMARTS) is 1. The van der Waals surface area contributed by atoms with Crippen molar-refractivity contribution in [1.82, 2.24) is 0 Å². The van der Waals surface area contributed by atoms with Gasteiger partial charge in [0, 0.05) is 12.6 Å². The molecule has 8 heavy (non-hydrogen) atoms. The van der Waals surface area contributed by atoms with Gasteiger partial charge >= 0.3 is 5.97 Å². The van der Waals surface area contributed by atoms with Crippen molar-refractivity contribution in [1.29, 1.82) is 0 Å². The van der Waals surface area contributed by atoms with E-state index in [0.29, 0.717) is 0 Å². The predicted octanol–water partition coefficient (Wildman–Crippen LogP) is -1.25. The van der Waals surface area contributed by atoms with Crippen LogP contribution >= 0.6 is 0 Å². The SMILES string of the molecule is NCC(N)CC(=O)O. The van der Waals surface area contributed by atoms with E-state index >= 15 is 0 Å². The summed E-state index contributed by atoms with van der Waals surface area (Å²) in [6.07, 6.45) is -0.0451. The molecule has 5 N–H and O–H groups in total. The van der Waals surface area contributed by atoms with Gasteiger partial charge in [0.1, 0.15) is 0 Å². The third-order valence-corrected chi connectivity index (χ3v) is 0.740. The maximum atomic E-state index is 9.83. The molecule has 0 bridgehead atoms. The van der Waals surface area contributed by atoms with Crippen molar-refractivity contribution in [3.8, 4) is 0 Å². The summed E-state index contributed by atoms with van der Waals surface area (Å²) in [5.41, 5.74) is 10.2. The van der Waals surface area contributed by atoms with Crippen LogP contribution in [-0.4, -0.2) is 23.7 Å². The molecule has 1 unspecified atom stereocenters. The fourth-order valence-corrected chi connectivity index (χ4v) is 0.308. The van der Waals surface area contributed by atoms with E-state index in [9.17, 15) is 4.79 Å². The van der Waals surface area contributed by atoms with Gasteiger partial charge < -0.3 is 16.6 Å². The van der Waals surface area contributed by atoms with Gasteiger partial charge in [0.2, 0.25) is 0 Å². The van der Waals surface area contributed by atoms with Gasteiger partial charge in [-0.2, -0.15) is 0 Å². The van der Waals surface area contributed by atoms with E-state index in [-0.39, 0.29) is 13.0 Å². The molecule has 0 amide bonds. The summed E-state index contributed by atoms with van der Waals surface area (Å²) in [5, 5.41) is 8.08. The minimum atomic E-state index is -0.900. The molecule has 0 saturated heterocycles. The summed E-state index contributed by atoms with van der Waals surface area (Å²) in [6, 6.07) is -0.396. The van der Waals surface area contributed by atoms with Gasteiger partial charge in [0.25, 0.3) is 0 Å². The largest absolute Gasteiger partial charge is 0.481 e. The topological polar surface area (TPSA) is 89.3 Å². The lowest BCUT2D eigenvalue weighted by Gasteiger charge is -2.01. The van der Waals surface area contributed by atoms with E-state index < -0.39 is 12.0 Å². The first kappa shape index (κ1) is 7.39. The van der Waals surface area contributed by atoms with Crippen LogP contribution in [0.1, 0.15) is 6.42 Å². The lowest BCUT2D eigenvalue weighted by molar-refractivity contribution is -0.137. The molecule has 4 heteroatoms. The van der Waals surface area contributed by atoms with Crippen molar-refractivity contribution in [2.45, 2.75) is 12.5 Å². The van der Waals surface area contributed by atoms with Gasteiger partial charge in [0.05, 0.1) is 6.42 Å². The Kier molecular flexibility index (Phi) is 3.14. The van der Waals surface area contributed by atoms with Crippen molar-refractivity contribution < 1.29 is 9.90 Å². The van der Waals surface area contributed by atoms with E-state index in [1.165, 1.54) is 0 Å². The van der Waals surface area contributed by atoms with E-state index in [0.717, 1.165) is 0 Å². The normalized spacial score (nSPS) is 13.2. The molecule has 48 valence electrons. The van der Waals surface area contributed by atoms with Crippen LogP contribution < -0.4 is 11.5 Å². The maximum absolute atomic E-state index is 9.83. The number of nitrogens with two attached hydrogens (primary N) is 2. The van der Waals surface area contributed by atoms with Crippen molar-refractivity contribution in [2.24, 2.45) is 11.5 Å². The number of carboxylic acids is 1. The van der Waals surface area contributed by atoms with Crippen LogP contribution in [0.25, 0.3) is 0 Å². The fraction of sp³-hybridized carbons (Fsp3) is 0.750. The standard InChI is InChI=1S/C4H10N2O2/c5-2-3(6)1-4(7)8/h3H,1-2,5-6H2,(H,7,8). The van der Waals surface area contributed by atoms with E-state index in [4.69, 9.17) is 16.6 Å². The van der Waals surface area contributed by atoms with Gasteiger partial charge in [-0.1, -0.05) is 0 Å². The Labute approximate surface area is 47.5 Å². The lowest BCUT2D eigenvalue weighted by Crippen LogP contribution is -2.31. The minimum Gasteiger partial charge on any atom is -0.481 e. The summed E-state index contributed by atoms with van der Waals surface area (Å²) in [4.78, 5) is 9.83. The minimum absolute atomic E-state index is 0.0451. The lowest BCUT2D eigenvalue weighted by atomic mass is 10.2. The van der Waals surface area contributed by atoms with Crippen molar-refractivity contribution >= 4 is 5.97 Å². The van der Waals surface area contributed by atoms with E-state index in [1.54, 1.807) is 0 Å². The first-order chi connectivity index (χ1) is 3.66. The molecule has 4 nitrogen and oxygen atoms in total. The highest BCUT2D eigenvalue weighted by molar-refractivity contribution is 5.67. The molecule has 0 aliphatic carbocycles. The van der Waals surface area contributed by atoms with Crippen molar-refractivity contribution in [2.75, 3.05) is 6.54 Å². The predicted molar refractivity (Wildman–Crippen MR) is 29.3 cm³/mol. The van der Waals surface area contributed by atoms with Crippen LogP contribution in [0.5, 0.6) is 0 Å². The Morgan fingerprint density at radius 1 is 1.75 bits per heavy atom. The zero-order valence-electron chi connectivity index (χ0n) is 4.50. The number of hydrogen-bond acceptors (Lipinski definition) is 3. The Balaban J connectivity index is 3.24. The van der Waals surface area contributed by atoms with Crippen LogP contribution in [0.3, 0.4) is 0 Å². The van der Waals surface area contributed by atoms with Gasteiger partial charge in [-0.05, 0) is 0 Å². The van der Waals surface area contributed by atoms with E-state index in [2.05, 4.69) is 0 Å². The molecule has 0 aromatic carbocycles. The average molecular weight is 118 g/mol. The molecule has 0 aromatic rings. The first-order valence-electron chi connectivity index (χ1n) is 2.34. The number of aliphatic carboxylic acids is 1. The molecule has 0 fully saturated rings.